The number of aryl methyl sites for hydroxylation is 1. The van der Waals surface area contributed by atoms with Crippen molar-refractivity contribution in [2.75, 3.05) is 13.2 Å². The van der Waals surface area contributed by atoms with Gasteiger partial charge in [0.05, 0.1) is 6.61 Å². The van der Waals surface area contributed by atoms with Crippen LogP contribution in [0, 0.1) is 13.8 Å². The quantitative estimate of drug-likeness (QED) is 0.861. The highest BCUT2D eigenvalue weighted by molar-refractivity contribution is 5.86. The van der Waals surface area contributed by atoms with Gasteiger partial charge in [-0.25, -0.2) is 0 Å². The second-order valence-corrected chi connectivity index (χ2v) is 5.09. The number of rotatable bonds is 5. The molecule has 0 atom stereocenters. The first-order valence-electron chi connectivity index (χ1n) is 6.76. The van der Waals surface area contributed by atoms with Crippen LogP contribution in [0.4, 0.5) is 13.2 Å². The first-order valence-corrected chi connectivity index (χ1v) is 6.76. The van der Waals surface area contributed by atoms with Crippen molar-refractivity contribution in [3.8, 4) is 0 Å². The molecule has 0 unspecified atom stereocenters. The van der Waals surface area contributed by atoms with Crippen LogP contribution in [0.25, 0.3) is 10.9 Å². The van der Waals surface area contributed by atoms with Crippen molar-refractivity contribution in [2.24, 2.45) is 5.73 Å². The highest BCUT2D eigenvalue weighted by Gasteiger charge is 2.27. The maximum absolute atomic E-state index is 12.1. The van der Waals surface area contributed by atoms with Crippen LogP contribution in [0.1, 0.15) is 16.8 Å². The van der Waals surface area contributed by atoms with Crippen molar-refractivity contribution in [1.82, 2.24) is 4.57 Å². The van der Waals surface area contributed by atoms with Crippen LogP contribution in [-0.2, 0) is 17.8 Å². The number of alkyl halides is 3. The molecule has 1 heterocycles. The number of hydrogen-bond donors (Lipinski definition) is 1. The molecule has 116 valence electrons. The Morgan fingerprint density at radius 1 is 1.24 bits per heavy atom. The van der Waals surface area contributed by atoms with E-state index in [1.54, 1.807) is 0 Å². The lowest BCUT2D eigenvalue weighted by Crippen LogP contribution is -2.19. The smallest absolute Gasteiger partial charge is 0.370 e. The summed E-state index contributed by atoms with van der Waals surface area (Å²) in [5.74, 6) is 0. The molecule has 0 aliphatic heterocycles. The van der Waals surface area contributed by atoms with Gasteiger partial charge in [0, 0.05) is 29.7 Å². The maximum Gasteiger partial charge on any atom is 0.411 e. The van der Waals surface area contributed by atoms with Gasteiger partial charge >= 0.3 is 6.18 Å². The minimum atomic E-state index is -4.28. The Morgan fingerprint density at radius 2 is 1.95 bits per heavy atom. The van der Waals surface area contributed by atoms with Gasteiger partial charge in [-0.2, -0.15) is 13.2 Å². The summed E-state index contributed by atoms with van der Waals surface area (Å²) >= 11 is 0. The summed E-state index contributed by atoms with van der Waals surface area (Å²) in [6, 6.07) is 5.93. The summed E-state index contributed by atoms with van der Waals surface area (Å²) in [6.45, 7) is 3.65. The van der Waals surface area contributed by atoms with E-state index in [1.807, 2.05) is 36.6 Å². The summed E-state index contributed by atoms with van der Waals surface area (Å²) in [4.78, 5) is 0. The van der Waals surface area contributed by atoms with E-state index in [0.29, 0.717) is 13.1 Å². The van der Waals surface area contributed by atoms with E-state index in [-0.39, 0.29) is 6.61 Å². The van der Waals surface area contributed by atoms with Crippen molar-refractivity contribution in [2.45, 2.75) is 33.1 Å². The van der Waals surface area contributed by atoms with Gasteiger partial charge in [-0.05, 0) is 37.1 Å². The monoisotopic (exact) mass is 300 g/mol. The zero-order valence-electron chi connectivity index (χ0n) is 12.1. The molecule has 0 saturated heterocycles. The Labute approximate surface area is 121 Å². The molecule has 0 aliphatic carbocycles. The van der Waals surface area contributed by atoms with Gasteiger partial charge in [0.25, 0.3) is 0 Å². The van der Waals surface area contributed by atoms with Crippen molar-refractivity contribution >= 4 is 10.9 Å². The van der Waals surface area contributed by atoms with Crippen LogP contribution in [0.3, 0.4) is 0 Å². The van der Waals surface area contributed by atoms with Crippen LogP contribution in [0.2, 0.25) is 0 Å². The molecule has 0 radical (unpaired) electrons. The van der Waals surface area contributed by atoms with Crippen LogP contribution in [-0.4, -0.2) is 24.0 Å². The molecule has 0 amide bonds. The molecule has 6 heteroatoms. The lowest BCUT2D eigenvalue weighted by molar-refractivity contribution is -0.174. The molecule has 3 nitrogen and oxygen atoms in total. The van der Waals surface area contributed by atoms with Crippen LogP contribution >= 0.6 is 0 Å². The summed E-state index contributed by atoms with van der Waals surface area (Å²) in [6.07, 6.45) is -4.28. The molecule has 21 heavy (non-hydrogen) atoms. The summed E-state index contributed by atoms with van der Waals surface area (Å²) in [7, 11) is 0. The minimum absolute atomic E-state index is 0.0300. The van der Waals surface area contributed by atoms with Crippen molar-refractivity contribution in [3.05, 3.63) is 35.0 Å². The average Bonchev–Trinajstić information content (AvgIpc) is 2.66. The SMILES string of the molecule is Cc1c(C)n(CCOCC(F)(F)F)c2ccc(CN)cc12. The number of nitrogens with zero attached hydrogens (tertiary/aromatic N) is 1. The van der Waals surface area contributed by atoms with Crippen molar-refractivity contribution in [3.63, 3.8) is 0 Å². The fraction of sp³-hybridized carbons (Fsp3) is 0.467. The molecule has 2 rings (SSSR count). The number of fused-ring (bicyclic) bond motifs is 1. The molecule has 1 aromatic carbocycles. The van der Waals surface area contributed by atoms with Gasteiger partial charge in [-0.1, -0.05) is 6.07 Å². The number of aromatic nitrogens is 1. The van der Waals surface area contributed by atoms with Crippen LogP contribution in [0.5, 0.6) is 0 Å². The Bertz CT molecular complexity index is 632. The topological polar surface area (TPSA) is 40.2 Å². The number of halogens is 3. The summed E-state index contributed by atoms with van der Waals surface area (Å²) < 4.78 is 42.9. The normalized spacial score (nSPS) is 12.3. The molecule has 2 N–H and O–H groups in total. The highest BCUT2D eigenvalue weighted by Crippen LogP contribution is 2.26. The molecular weight excluding hydrogens is 281 g/mol. The summed E-state index contributed by atoms with van der Waals surface area (Å²) in [5.41, 5.74) is 9.84. The average molecular weight is 300 g/mol. The van der Waals surface area contributed by atoms with Gasteiger partial charge in [0.2, 0.25) is 0 Å². The van der Waals surface area contributed by atoms with Crippen LogP contribution in [0.15, 0.2) is 18.2 Å². The largest absolute Gasteiger partial charge is 0.411 e. The highest BCUT2D eigenvalue weighted by atomic mass is 19.4. The van der Waals surface area contributed by atoms with E-state index < -0.39 is 12.8 Å². The molecule has 2 aromatic rings. The van der Waals surface area contributed by atoms with Crippen LogP contribution < -0.4 is 5.73 Å². The minimum Gasteiger partial charge on any atom is -0.370 e. The Morgan fingerprint density at radius 3 is 2.57 bits per heavy atom. The first-order chi connectivity index (χ1) is 9.83. The van der Waals surface area contributed by atoms with E-state index in [0.717, 1.165) is 27.7 Å². The van der Waals surface area contributed by atoms with E-state index >= 15 is 0 Å². The zero-order chi connectivity index (χ0) is 15.6. The van der Waals surface area contributed by atoms with Crippen molar-refractivity contribution in [1.29, 1.82) is 0 Å². The zero-order valence-corrected chi connectivity index (χ0v) is 12.1. The lowest BCUT2D eigenvalue weighted by Gasteiger charge is -2.11. The molecule has 0 bridgehead atoms. The molecule has 0 fully saturated rings. The number of hydrogen-bond acceptors (Lipinski definition) is 2. The van der Waals surface area contributed by atoms with Crippen molar-refractivity contribution < 1.29 is 17.9 Å². The van der Waals surface area contributed by atoms with E-state index in [1.165, 1.54) is 0 Å². The molecule has 0 spiro atoms. The van der Waals surface area contributed by atoms with E-state index in [4.69, 9.17) is 10.5 Å². The van der Waals surface area contributed by atoms with Gasteiger partial charge in [0.15, 0.2) is 0 Å². The Hall–Kier alpha value is -1.53. The van der Waals surface area contributed by atoms with Gasteiger partial charge in [-0.15, -0.1) is 0 Å². The Balaban J connectivity index is 2.18. The second kappa shape index (κ2) is 6.07. The van der Waals surface area contributed by atoms with Gasteiger partial charge in [0.1, 0.15) is 6.61 Å². The predicted octanol–water partition coefficient (Wildman–Crippen LogP) is 3.30. The van der Waals surface area contributed by atoms with Gasteiger partial charge < -0.3 is 15.0 Å². The summed E-state index contributed by atoms with van der Waals surface area (Å²) in [5, 5.41) is 1.09. The number of nitrogens with two attached hydrogens (primary N) is 1. The standard InChI is InChI=1S/C15H19F3N2O/c1-10-11(2)20(5-6-21-9-15(16,17)18)14-4-3-12(8-19)7-13(10)14/h3-4,7H,5-6,8-9,19H2,1-2H3. The molecular formula is C15H19F3N2O. The second-order valence-electron chi connectivity index (χ2n) is 5.09. The third kappa shape index (κ3) is 3.57. The first kappa shape index (κ1) is 15.9. The lowest BCUT2D eigenvalue weighted by atomic mass is 10.1. The fourth-order valence-corrected chi connectivity index (χ4v) is 2.46. The number of benzene rings is 1. The third-order valence-electron chi connectivity index (χ3n) is 3.66. The number of ether oxygens (including phenoxy) is 1. The molecule has 0 aliphatic rings. The predicted molar refractivity (Wildman–Crippen MR) is 76.2 cm³/mol. The molecule has 0 saturated carbocycles. The third-order valence-corrected chi connectivity index (χ3v) is 3.66. The Kier molecular flexibility index (Phi) is 4.58. The fourth-order valence-electron chi connectivity index (χ4n) is 2.46. The molecule has 1 aromatic heterocycles. The van der Waals surface area contributed by atoms with E-state index in [9.17, 15) is 13.2 Å². The van der Waals surface area contributed by atoms with Gasteiger partial charge in [-0.3, -0.25) is 0 Å². The maximum atomic E-state index is 12.1. The van der Waals surface area contributed by atoms with E-state index in [2.05, 4.69) is 0 Å².